The standard InChI is InChI=1S/C19H36N8O7S/c1-9(28)14(18(33)34)27-16(31)11(4-3-6-24-19(22)23)25-17(32)12(8-13(21)29)26-15(30)10(20)5-7-35-2/h9-12,14,28H,3-8,20H2,1-2H3,(H2,21,29)(H,25,32)(H,26,30)(H,27,31)(H,33,34)(H4,22,23,24). The van der Waals surface area contributed by atoms with Crippen molar-refractivity contribution in [2.24, 2.45) is 27.9 Å². The SMILES string of the molecule is CSCCC(N)C(=O)NC(CC(N)=O)C(=O)NC(CCCN=C(N)N)C(=O)NC(C(=O)O)C(C)O. The Morgan fingerprint density at radius 3 is 2.00 bits per heavy atom. The maximum atomic E-state index is 12.9. The normalized spacial score (nSPS) is 15.0. The first-order valence-corrected chi connectivity index (χ1v) is 12.1. The largest absolute Gasteiger partial charge is 0.480 e. The van der Waals surface area contributed by atoms with Gasteiger partial charge in [0.1, 0.15) is 12.1 Å². The van der Waals surface area contributed by atoms with Gasteiger partial charge >= 0.3 is 5.97 Å². The molecule has 0 rings (SSSR count). The van der Waals surface area contributed by atoms with Gasteiger partial charge in [-0.15, -0.1) is 0 Å². The fourth-order valence-corrected chi connectivity index (χ4v) is 3.24. The molecule has 15 nitrogen and oxygen atoms in total. The number of amides is 4. The number of aliphatic carboxylic acids is 1. The summed E-state index contributed by atoms with van der Waals surface area (Å²) in [6, 6.07) is -5.32. The lowest BCUT2D eigenvalue weighted by Crippen LogP contribution is -2.58. The Balaban J connectivity index is 5.59. The Labute approximate surface area is 207 Å². The molecule has 0 aliphatic carbocycles. The zero-order valence-corrected chi connectivity index (χ0v) is 20.5. The van der Waals surface area contributed by atoms with E-state index >= 15 is 0 Å². The van der Waals surface area contributed by atoms with Crippen LogP contribution in [0.1, 0.15) is 32.6 Å². The number of nitrogens with one attached hydrogen (secondary N) is 3. The summed E-state index contributed by atoms with van der Waals surface area (Å²) in [7, 11) is 0. The summed E-state index contributed by atoms with van der Waals surface area (Å²) in [6.07, 6.45) is 0.322. The molecule has 0 saturated carbocycles. The van der Waals surface area contributed by atoms with Gasteiger partial charge in [0.2, 0.25) is 23.6 Å². The number of thioether (sulfide) groups is 1. The number of carbonyl (C=O) groups is 5. The minimum absolute atomic E-state index is 0.0367. The van der Waals surface area contributed by atoms with Crippen molar-refractivity contribution in [3.63, 3.8) is 0 Å². The lowest BCUT2D eigenvalue weighted by molar-refractivity contribution is -0.145. The first-order valence-electron chi connectivity index (χ1n) is 10.7. The summed E-state index contributed by atoms with van der Waals surface area (Å²) in [6.45, 7) is 1.27. The molecule has 0 aliphatic heterocycles. The van der Waals surface area contributed by atoms with E-state index in [0.717, 1.165) is 0 Å². The van der Waals surface area contributed by atoms with Crippen LogP contribution in [0.5, 0.6) is 0 Å². The lowest BCUT2D eigenvalue weighted by Gasteiger charge is -2.25. The van der Waals surface area contributed by atoms with E-state index in [-0.39, 0.29) is 25.3 Å². The molecular weight excluding hydrogens is 484 g/mol. The van der Waals surface area contributed by atoms with E-state index in [1.54, 1.807) is 0 Å². The monoisotopic (exact) mass is 520 g/mol. The van der Waals surface area contributed by atoms with Crippen LogP contribution < -0.4 is 38.9 Å². The third-order valence-corrected chi connectivity index (χ3v) is 5.28. The zero-order valence-electron chi connectivity index (χ0n) is 19.7. The Morgan fingerprint density at radius 1 is 0.943 bits per heavy atom. The molecule has 16 heteroatoms. The van der Waals surface area contributed by atoms with Crippen LogP contribution in [-0.2, 0) is 24.0 Å². The molecule has 0 aromatic carbocycles. The molecule has 0 fully saturated rings. The molecule has 13 N–H and O–H groups in total. The van der Waals surface area contributed by atoms with Crippen molar-refractivity contribution in [3.05, 3.63) is 0 Å². The molecule has 4 amide bonds. The number of aliphatic hydroxyl groups is 1. The van der Waals surface area contributed by atoms with Gasteiger partial charge in [-0.05, 0) is 38.2 Å². The van der Waals surface area contributed by atoms with Gasteiger partial charge in [-0.1, -0.05) is 0 Å². The number of primary amides is 1. The first-order chi connectivity index (χ1) is 16.3. The van der Waals surface area contributed by atoms with Crippen molar-refractivity contribution in [1.29, 1.82) is 0 Å². The van der Waals surface area contributed by atoms with Crippen molar-refractivity contribution >= 4 is 47.3 Å². The van der Waals surface area contributed by atoms with Crippen LogP contribution in [0.15, 0.2) is 4.99 Å². The third kappa shape index (κ3) is 13.4. The van der Waals surface area contributed by atoms with Gasteiger partial charge < -0.3 is 49.1 Å². The van der Waals surface area contributed by atoms with Crippen LogP contribution in [0.3, 0.4) is 0 Å². The second-order valence-electron chi connectivity index (χ2n) is 7.69. The Morgan fingerprint density at radius 2 is 1.51 bits per heavy atom. The second kappa shape index (κ2) is 16.5. The van der Waals surface area contributed by atoms with Gasteiger partial charge in [-0.3, -0.25) is 24.2 Å². The topological polar surface area (TPSA) is 278 Å². The molecule has 0 aliphatic rings. The van der Waals surface area contributed by atoms with Crippen molar-refractivity contribution in [2.45, 2.75) is 62.9 Å². The molecular formula is C19H36N8O7S. The number of nitrogens with zero attached hydrogens (tertiary/aromatic N) is 1. The maximum Gasteiger partial charge on any atom is 0.328 e. The molecule has 0 saturated heterocycles. The highest BCUT2D eigenvalue weighted by atomic mass is 32.2. The fraction of sp³-hybridized carbons (Fsp3) is 0.684. The van der Waals surface area contributed by atoms with Gasteiger partial charge in [0.05, 0.1) is 18.6 Å². The van der Waals surface area contributed by atoms with Crippen molar-refractivity contribution in [2.75, 3.05) is 18.6 Å². The Hall–Kier alpha value is -3.11. The lowest BCUT2D eigenvalue weighted by atomic mass is 10.1. The van der Waals surface area contributed by atoms with Crippen molar-refractivity contribution in [1.82, 2.24) is 16.0 Å². The first kappa shape index (κ1) is 31.9. The maximum absolute atomic E-state index is 12.9. The number of carboxylic acids is 1. The molecule has 0 spiro atoms. The van der Waals surface area contributed by atoms with Crippen LogP contribution in [0, 0.1) is 0 Å². The fourth-order valence-electron chi connectivity index (χ4n) is 2.75. The van der Waals surface area contributed by atoms with Crippen LogP contribution in [0.4, 0.5) is 0 Å². The smallest absolute Gasteiger partial charge is 0.328 e. The highest BCUT2D eigenvalue weighted by Gasteiger charge is 2.32. The van der Waals surface area contributed by atoms with E-state index in [4.69, 9.17) is 22.9 Å². The third-order valence-electron chi connectivity index (χ3n) is 4.63. The quantitative estimate of drug-likeness (QED) is 0.0505. The number of nitrogens with two attached hydrogens (primary N) is 4. The van der Waals surface area contributed by atoms with E-state index in [1.165, 1.54) is 18.7 Å². The molecule has 200 valence electrons. The van der Waals surface area contributed by atoms with Crippen LogP contribution >= 0.6 is 11.8 Å². The summed E-state index contributed by atoms with van der Waals surface area (Å²) < 4.78 is 0. The predicted octanol–water partition coefficient (Wildman–Crippen LogP) is -4.08. The molecule has 5 atom stereocenters. The molecule has 0 bridgehead atoms. The number of hydrogen-bond acceptors (Lipinski definition) is 9. The molecule has 0 radical (unpaired) electrons. The summed E-state index contributed by atoms with van der Waals surface area (Å²) in [5.41, 5.74) is 21.5. The predicted molar refractivity (Wildman–Crippen MR) is 130 cm³/mol. The average Bonchev–Trinajstić information content (AvgIpc) is 2.75. The molecule has 0 heterocycles. The molecule has 0 aromatic heterocycles. The summed E-state index contributed by atoms with van der Waals surface area (Å²) in [5, 5.41) is 25.7. The van der Waals surface area contributed by atoms with E-state index in [9.17, 15) is 34.2 Å². The van der Waals surface area contributed by atoms with E-state index in [0.29, 0.717) is 12.2 Å². The number of carbonyl (C=O) groups excluding carboxylic acids is 4. The highest BCUT2D eigenvalue weighted by Crippen LogP contribution is 2.05. The van der Waals surface area contributed by atoms with Gasteiger partial charge in [-0.2, -0.15) is 11.8 Å². The van der Waals surface area contributed by atoms with Crippen LogP contribution in [0.25, 0.3) is 0 Å². The summed E-state index contributed by atoms with van der Waals surface area (Å²) in [5.74, 6) is -4.49. The number of aliphatic imine (C=N–C) groups is 1. The second-order valence-corrected chi connectivity index (χ2v) is 8.68. The average molecular weight is 521 g/mol. The number of rotatable bonds is 17. The van der Waals surface area contributed by atoms with Gasteiger partial charge in [0.25, 0.3) is 0 Å². The zero-order chi connectivity index (χ0) is 27.1. The summed E-state index contributed by atoms with van der Waals surface area (Å²) >= 11 is 1.47. The van der Waals surface area contributed by atoms with Gasteiger partial charge in [0.15, 0.2) is 12.0 Å². The minimum atomic E-state index is -1.64. The van der Waals surface area contributed by atoms with Crippen molar-refractivity contribution < 1.29 is 34.2 Å². The molecule has 5 unspecified atom stereocenters. The summed E-state index contributed by atoms with van der Waals surface area (Å²) in [4.78, 5) is 64.5. The molecule has 0 aromatic rings. The van der Waals surface area contributed by atoms with E-state index in [1.807, 2.05) is 6.26 Å². The Bertz CT molecular complexity index is 776. The minimum Gasteiger partial charge on any atom is -0.480 e. The Kier molecular flexibility index (Phi) is 15.0. The van der Waals surface area contributed by atoms with Gasteiger partial charge in [-0.25, -0.2) is 4.79 Å². The van der Waals surface area contributed by atoms with Crippen LogP contribution in [-0.4, -0.2) is 94.6 Å². The van der Waals surface area contributed by atoms with Gasteiger partial charge in [0, 0.05) is 6.54 Å². The molecule has 35 heavy (non-hydrogen) atoms. The van der Waals surface area contributed by atoms with E-state index in [2.05, 4.69) is 20.9 Å². The van der Waals surface area contributed by atoms with Crippen molar-refractivity contribution in [3.8, 4) is 0 Å². The van der Waals surface area contributed by atoms with Crippen LogP contribution in [0.2, 0.25) is 0 Å². The number of aliphatic hydroxyl groups excluding tert-OH is 1. The number of carboxylic acid groups (broad SMARTS) is 1. The van der Waals surface area contributed by atoms with E-state index < -0.39 is 66.3 Å². The highest BCUT2D eigenvalue weighted by molar-refractivity contribution is 7.98. The number of hydrogen-bond donors (Lipinski definition) is 9. The number of guanidine groups is 1.